The Kier molecular flexibility index (Phi) is 3.83. The molecule has 104 valence electrons. The van der Waals surface area contributed by atoms with E-state index in [1.54, 1.807) is 0 Å². The molecule has 0 saturated carbocycles. The molecule has 0 fully saturated rings. The maximum Gasteiger partial charge on any atom is 0.123 e. The van der Waals surface area contributed by atoms with Gasteiger partial charge in [0.1, 0.15) is 5.82 Å². The first-order chi connectivity index (χ1) is 10.3. The summed E-state index contributed by atoms with van der Waals surface area (Å²) in [6, 6.07) is 19.5. The van der Waals surface area contributed by atoms with Gasteiger partial charge < -0.3 is 0 Å². The summed E-state index contributed by atoms with van der Waals surface area (Å²) in [5.41, 5.74) is 3.48. The van der Waals surface area contributed by atoms with Crippen molar-refractivity contribution in [2.45, 2.75) is 12.8 Å². The molecule has 0 unspecified atom stereocenters. The van der Waals surface area contributed by atoms with Crippen molar-refractivity contribution < 1.29 is 4.39 Å². The van der Waals surface area contributed by atoms with Crippen LogP contribution in [0.25, 0.3) is 21.9 Å². The van der Waals surface area contributed by atoms with Crippen molar-refractivity contribution in [1.82, 2.24) is 0 Å². The summed E-state index contributed by atoms with van der Waals surface area (Å²) in [6.07, 6.45) is 3.97. The molecule has 0 amide bonds. The van der Waals surface area contributed by atoms with E-state index in [0.29, 0.717) is 0 Å². The highest BCUT2D eigenvalue weighted by Gasteiger charge is 2.01. The van der Waals surface area contributed by atoms with Gasteiger partial charge >= 0.3 is 0 Å². The van der Waals surface area contributed by atoms with Gasteiger partial charge in [-0.2, -0.15) is 0 Å². The highest BCUT2D eigenvalue weighted by molar-refractivity contribution is 5.87. The lowest BCUT2D eigenvalue weighted by Crippen LogP contribution is -1.85. The van der Waals surface area contributed by atoms with Crippen LogP contribution in [0.5, 0.6) is 0 Å². The molecule has 0 N–H and O–H groups in total. The number of rotatable bonds is 4. The molecule has 0 atom stereocenters. The van der Waals surface area contributed by atoms with Crippen LogP contribution < -0.4 is 0 Å². The molecule has 0 aliphatic heterocycles. The minimum absolute atomic E-state index is 0.202. The number of fused-ring (bicyclic) bond motifs is 1. The summed E-state index contributed by atoms with van der Waals surface area (Å²) in [6.45, 7) is 3.76. The van der Waals surface area contributed by atoms with Gasteiger partial charge in [-0.15, -0.1) is 6.58 Å². The molecule has 0 heterocycles. The standard InChI is InChI=1S/C20H17F/c1-2-3-4-15-5-6-19-14-18(8-7-17(19)13-15)16-9-11-20(21)12-10-16/h2,5-14H,1,3-4H2. The number of aryl methyl sites for hydroxylation is 1. The molecule has 3 rings (SSSR count). The lowest BCUT2D eigenvalue weighted by molar-refractivity contribution is 0.628. The van der Waals surface area contributed by atoms with Crippen molar-refractivity contribution in [2.75, 3.05) is 0 Å². The Morgan fingerprint density at radius 1 is 0.810 bits per heavy atom. The van der Waals surface area contributed by atoms with Crippen molar-refractivity contribution in [1.29, 1.82) is 0 Å². The zero-order valence-electron chi connectivity index (χ0n) is 11.9. The molecule has 0 aliphatic rings. The van der Waals surface area contributed by atoms with E-state index in [-0.39, 0.29) is 5.82 Å². The number of benzene rings is 3. The summed E-state index contributed by atoms with van der Waals surface area (Å²) in [7, 11) is 0. The third-order valence-electron chi connectivity index (χ3n) is 3.72. The molecule has 3 aromatic carbocycles. The first-order valence-electron chi connectivity index (χ1n) is 7.16. The van der Waals surface area contributed by atoms with Crippen LogP contribution in [0, 0.1) is 5.82 Å². The van der Waals surface area contributed by atoms with Gasteiger partial charge in [-0.05, 0) is 58.5 Å². The average Bonchev–Trinajstić information content (AvgIpc) is 2.53. The average molecular weight is 276 g/mol. The Morgan fingerprint density at radius 2 is 1.48 bits per heavy atom. The van der Waals surface area contributed by atoms with Crippen molar-refractivity contribution in [3.8, 4) is 11.1 Å². The molecular formula is C20H17F. The SMILES string of the molecule is C=CCCc1ccc2cc(-c3ccc(F)cc3)ccc2c1. The van der Waals surface area contributed by atoms with Gasteiger partial charge in [-0.25, -0.2) is 4.39 Å². The molecule has 1 heteroatoms. The summed E-state index contributed by atoms with van der Waals surface area (Å²) in [5, 5.41) is 2.45. The Bertz CT molecular complexity index is 769. The first-order valence-corrected chi connectivity index (χ1v) is 7.16. The number of hydrogen-bond acceptors (Lipinski definition) is 0. The first kappa shape index (κ1) is 13.6. The molecule has 0 aromatic heterocycles. The Hall–Kier alpha value is -2.41. The van der Waals surface area contributed by atoms with Gasteiger partial charge in [0.25, 0.3) is 0 Å². The van der Waals surface area contributed by atoms with Crippen LogP contribution in [0.4, 0.5) is 4.39 Å². The van der Waals surface area contributed by atoms with E-state index in [0.717, 1.165) is 24.0 Å². The fourth-order valence-electron chi connectivity index (χ4n) is 2.54. The monoisotopic (exact) mass is 276 g/mol. The van der Waals surface area contributed by atoms with Crippen LogP contribution in [0.2, 0.25) is 0 Å². The molecule has 0 spiro atoms. The van der Waals surface area contributed by atoms with Gasteiger partial charge in [-0.3, -0.25) is 0 Å². The van der Waals surface area contributed by atoms with Crippen molar-refractivity contribution in [3.63, 3.8) is 0 Å². The second-order valence-corrected chi connectivity index (χ2v) is 5.23. The van der Waals surface area contributed by atoms with E-state index in [9.17, 15) is 4.39 Å². The van der Waals surface area contributed by atoms with E-state index in [1.807, 2.05) is 18.2 Å². The lowest BCUT2D eigenvalue weighted by Gasteiger charge is -2.06. The molecule has 0 saturated heterocycles. The van der Waals surface area contributed by atoms with Crippen LogP contribution in [0.1, 0.15) is 12.0 Å². The number of allylic oxidation sites excluding steroid dienone is 1. The minimum Gasteiger partial charge on any atom is -0.207 e. The van der Waals surface area contributed by atoms with Crippen LogP contribution >= 0.6 is 0 Å². The summed E-state index contributed by atoms with van der Waals surface area (Å²) < 4.78 is 13.0. The second kappa shape index (κ2) is 5.92. The highest BCUT2D eigenvalue weighted by atomic mass is 19.1. The third-order valence-corrected chi connectivity index (χ3v) is 3.72. The van der Waals surface area contributed by atoms with E-state index < -0.39 is 0 Å². The van der Waals surface area contributed by atoms with Crippen molar-refractivity contribution in [3.05, 3.63) is 84.7 Å². The van der Waals surface area contributed by atoms with Gasteiger partial charge in [0, 0.05) is 0 Å². The largest absolute Gasteiger partial charge is 0.207 e. The fourth-order valence-corrected chi connectivity index (χ4v) is 2.54. The Morgan fingerprint density at radius 3 is 2.24 bits per heavy atom. The van der Waals surface area contributed by atoms with Gasteiger partial charge in [0.05, 0.1) is 0 Å². The number of hydrogen-bond donors (Lipinski definition) is 0. The molecule has 0 radical (unpaired) electrons. The van der Waals surface area contributed by atoms with Gasteiger partial charge in [0.15, 0.2) is 0 Å². The smallest absolute Gasteiger partial charge is 0.123 e. The molecular weight excluding hydrogens is 259 g/mol. The molecule has 0 aliphatic carbocycles. The molecule has 21 heavy (non-hydrogen) atoms. The topological polar surface area (TPSA) is 0 Å². The van der Waals surface area contributed by atoms with Gasteiger partial charge in [0.2, 0.25) is 0 Å². The van der Waals surface area contributed by atoms with E-state index >= 15 is 0 Å². The van der Waals surface area contributed by atoms with E-state index in [2.05, 4.69) is 43.0 Å². The third kappa shape index (κ3) is 3.03. The zero-order valence-corrected chi connectivity index (χ0v) is 11.9. The predicted molar refractivity (Wildman–Crippen MR) is 87.9 cm³/mol. The summed E-state index contributed by atoms with van der Waals surface area (Å²) in [4.78, 5) is 0. The summed E-state index contributed by atoms with van der Waals surface area (Å²) >= 11 is 0. The Labute approximate surface area is 124 Å². The summed E-state index contributed by atoms with van der Waals surface area (Å²) in [5.74, 6) is -0.202. The lowest BCUT2D eigenvalue weighted by atomic mass is 9.99. The van der Waals surface area contributed by atoms with Crippen molar-refractivity contribution in [2.24, 2.45) is 0 Å². The van der Waals surface area contributed by atoms with Crippen LogP contribution in [-0.4, -0.2) is 0 Å². The second-order valence-electron chi connectivity index (χ2n) is 5.23. The number of halogens is 1. The Balaban J connectivity index is 1.96. The minimum atomic E-state index is -0.202. The molecule has 0 bridgehead atoms. The van der Waals surface area contributed by atoms with Crippen LogP contribution in [0.3, 0.4) is 0 Å². The predicted octanol–water partition coefficient (Wildman–Crippen LogP) is 5.76. The molecule has 3 aromatic rings. The zero-order chi connectivity index (χ0) is 14.7. The maximum atomic E-state index is 13.0. The van der Waals surface area contributed by atoms with E-state index in [4.69, 9.17) is 0 Å². The van der Waals surface area contributed by atoms with Crippen LogP contribution in [0.15, 0.2) is 73.3 Å². The van der Waals surface area contributed by atoms with E-state index in [1.165, 1.54) is 28.5 Å². The quantitative estimate of drug-likeness (QED) is 0.531. The van der Waals surface area contributed by atoms with Crippen molar-refractivity contribution >= 4 is 10.8 Å². The van der Waals surface area contributed by atoms with Gasteiger partial charge in [-0.1, -0.05) is 48.5 Å². The normalized spacial score (nSPS) is 10.7. The maximum absolute atomic E-state index is 13.0. The van der Waals surface area contributed by atoms with Crippen LogP contribution in [-0.2, 0) is 6.42 Å². The fraction of sp³-hybridized carbons (Fsp3) is 0.100. The molecule has 0 nitrogen and oxygen atoms in total. The highest BCUT2D eigenvalue weighted by Crippen LogP contribution is 2.25.